The van der Waals surface area contributed by atoms with Crippen LogP contribution in [0.3, 0.4) is 0 Å². The Labute approximate surface area is 89.7 Å². The Bertz CT molecular complexity index is 472. The molecule has 1 aromatic rings. The highest BCUT2D eigenvalue weighted by Crippen LogP contribution is 2.48. The van der Waals surface area contributed by atoms with Crippen LogP contribution in [0.15, 0.2) is 24.3 Å². The predicted molar refractivity (Wildman–Crippen MR) is 58.5 cm³/mol. The summed E-state index contributed by atoms with van der Waals surface area (Å²) in [4.78, 5) is 0. The van der Waals surface area contributed by atoms with Crippen LogP contribution >= 0.6 is 0 Å². The molecule has 0 aliphatic heterocycles. The average molecular weight is 226 g/mol. The average Bonchev–Trinajstić information content (AvgIpc) is 1.98. The Kier molecular flexibility index (Phi) is 2.26. The van der Waals surface area contributed by atoms with Crippen LogP contribution in [0, 0.1) is 0 Å². The van der Waals surface area contributed by atoms with Gasteiger partial charge in [-0.15, -0.1) is 0 Å². The zero-order valence-corrected chi connectivity index (χ0v) is 9.42. The van der Waals surface area contributed by atoms with Gasteiger partial charge in [0.15, 0.2) is 9.84 Å². The van der Waals surface area contributed by atoms with Crippen molar-refractivity contribution >= 4 is 9.84 Å². The minimum Gasteiger partial charge on any atom is -0.508 e. The van der Waals surface area contributed by atoms with E-state index in [2.05, 4.69) is 0 Å². The lowest BCUT2D eigenvalue weighted by atomic mass is 9.79. The van der Waals surface area contributed by atoms with Crippen molar-refractivity contribution in [1.29, 1.82) is 0 Å². The van der Waals surface area contributed by atoms with E-state index in [1.165, 1.54) is 6.26 Å². The summed E-state index contributed by atoms with van der Waals surface area (Å²) >= 11 is 0. The molecule has 0 unspecified atom stereocenters. The quantitative estimate of drug-likeness (QED) is 0.836. The number of phenolic OH excluding ortho intramolecular Hbond substituents is 1. The van der Waals surface area contributed by atoms with Crippen LogP contribution in [-0.2, 0) is 14.6 Å². The Morgan fingerprint density at radius 3 is 2.40 bits per heavy atom. The highest BCUT2D eigenvalue weighted by atomic mass is 32.2. The number of phenols is 1. The van der Waals surface area contributed by atoms with Crippen molar-refractivity contribution in [3.63, 3.8) is 0 Å². The summed E-state index contributed by atoms with van der Waals surface area (Å²) in [5.41, 5.74) is 0.719. The SMILES string of the molecule is CS(=O)(=O)C1(c2cccc(O)c2)CCC1. The molecule has 1 saturated carbocycles. The fourth-order valence-corrected chi connectivity index (χ4v) is 3.75. The van der Waals surface area contributed by atoms with Crippen LogP contribution < -0.4 is 0 Å². The first-order valence-corrected chi connectivity index (χ1v) is 6.84. The van der Waals surface area contributed by atoms with E-state index in [4.69, 9.17) is 0 Å². The summed E-state index contributed by atoms with van der Waals surface area (Å²) in [6.45, 7) is 0. The molecule has 0 amide bonds. The summed E-state index contributed by atoms with van der Waals surface area (Å²) in [7, 11) is -3.11. The first-order chi connectivity index (χ1) is 6.96. The van der Waals surface area contributed by atoms with Crippen LogP contribution in [-0.4, -0.2) is 19.8 Å². The number of aromatic hydroxyl groups is 1. The van der Waals surface area contributed by atoms with Crippen molar-refractivity contribution in [1.82, 2.24) is 0 Å². The molecule has 3 nitrogen and oxygen atoms in total. The van der Waals surface area contributed by atoms with E-state index in [1.807, 2.05) is 0 Å². The van der Waals surface area contributed by atoms with E-state index < -0.39 is 14.6 Å². The Morgan fingerprint density at radius 1 is 1.33 bits per heavy atom. The summed E-state index contributed by atoms with van der Waals surface area (Å²) in [6.07, 6.45) is 3.53. The zero-order valence-electron chi connectivity index (χ0n) is 8.60. The van der Waals surface area contributed by atoms with Gasteiger partial charge < -0.3 is 5.11 Å². The maximum atomic E-state index is 11.8. The smallest absolute Gasteiger partial charge is 0.157 e. The molecule has 0 atom stereocenters. The Balaban J connectivity index is 2.53. The molecule has 15 heavy (non-hydrogen) atoms. The standard InChI is InChI=1S/C11H14O3S/c1-15(13,14)11(6-3-7-11)9-4-2-5-10(12)8-9/h2,4-5,8,12H,3,6-7H2,1H3. The highest BCUT2D eigenvalue weighted by Gasteiger charge is 2.47. The highest BCUT2D eigenvalue weighted by molar-refractivity contribution is 7.91. The van der Waals surface area contributed by atoms with Gasteiger partial charge in [-0.3, -0.25) is 0 Å². The van der Waals surface area contributed by atoms with Gasteiger partial charge >= 0.3 is 0 Å². The molecular formula is C11H14O3S. The first kappa shape index (κ1) is 10.5. The van der Waals surface area contributed by atoms with Gasteiger partial charge in [0.05, 0.1) is 4.75 Å². The second kappa shape index (κ2) is 3.23. The Morgan fingerprint density at radius 2 is 2.00 bits per heavy atom. The van der Waals surface area contributed by atoms with Gasteiger partial charge in [0.25, 0.3) is 0 Å². The first-order valence-electron chi connectivity index (χ1n) is 4.95. The lowest BCUT2D eigenvalue weighted by Crippen LogP contribution is -2.41. The van der Waals surface area contributed by atoms with Gasteiger partial charge in [-0.2, -0.15) is 0 Å². The molecule has 1 aliphatic rings. The fourth-order valence-electron chi connectivity index (χ4n) is 2.16. The minimum atomic E-state index is -3.11. The van der Waals surface area contributed by atoms with Gasteiger partial charge in [-0.05, 0) is 37.0 Å². The molecule has 0 spiro atoms. The molecule has 0 heterocycles. The number of sulfone groups is 1. The third-order valence-electron chi connectivity index (χ3n) is 3.24. The monoisotopic (exact) mass is 226 g/mol. The van der Waals surface area contributed by atoms with E-state index in [9.17, 15) is 13.5 Å². The van der Waals surface area contributed by atoms with Crippen molar-refractivity contribution in [2.24, 2.45) is 0 Å². The maximum absolute atomic E-state index is 11.8. The van der Waals surface area contributed by atoms with Gasteiger partial charge in [-0.1, -0.05) is 12.1 Å². The van der Waals surface area contributed by atoms with E-state index in [0.29, 0.717) is 12.8 Å². The molecule has 1 fully saturated rings. The zero-order chi connectivity index (χ0) is 11.1. The summed E-state index contributed by atoms with van der Waals surface area (Å²) in [6, 6.07) is 6.58. The Hall–Kier alpha value is -1.03. The molecule has 4 heteroatoms. The third kappa shape index (κ3) is 1.53. The maximum Gasteiger partial charge on any atom is 0.157 e. The van der Waals surface area contributed by atoms with Crippen molar-refractivity contribution in [2.75, 3.05) is 6.26 Å². The largest absolute Gasteiger partial charge is 0.508 e. The number of hydrogen-bond acceptors (Lipinski definition) is 3. The van der Waals surface area contributed by atoms with Crippen LogP contribution in [0.5, 0.6) is 5.75 Å². The van der Waals surface area contributed by atoms with Crippen molar-refractivity contribution in [2.45, 2.75) is 24.0 Å². The predicted octanol–water partition coefficient (Wildman–Crippen LogP) is 1.82. The molecule has 1 aliphatic carbocycles. The van der Waals surface area contributed by atoms with Crippen molar-refractivity contribution in [3.8, 4) is 5.75 Å². The molecular weight excluding hydrogens is 212 g/mol. The third-order valence-corrected chi connectivity index (χ3v) is 5.31. The van der Waals surface area contributed by atoms with E-state index >= 15 is 0 Å². The molecule has 0 bridgehead atoms. The molecule has 1 N–H and O–H groups in total. The summed E-state index contributed by atoms with van der Waals surface area (Å²) < 4.78 is 22.8. The molecule has 1 aromatic carbocycles. The topological polar surface area (TPSA) is 54.4 Å². The molecule has 82 valence electrons. The van der Waals surface area contributed by atoms with Crippen LogP contribution in [0.2, 0.25) is 0 Å². The van der Waals surface area contributed by atoms with E-state index in [0.717, 1.165) is 12.0 Å². The molecule has 2 rings (SSSR count). The summed E-state index contributed by atoms with van der Waals surface area (Å²) in [5.74, 6) is 0.127. The number of hydrogen-bond donors (Lipinski definition) is 1. The van der Waals surface area contributed by atoms with Gasteiger partial charge in [0.1, 0.15) is 5.75 Å². The molecule has 0 saturated heterocycles. The van der Waals surface area contributed by atoms with Crippen LogP contribution in [0.25, 0.3) is 0 Å². The fraction of sp³-hybridized carbons (Fsp3) is 0.455. The second-order valence-corrected chi connectivity index (χ2v) is 6.50. The van der Waals surface area contributed by atoms with Gasteiger partial charge in [0, 0.05) is 6.26 Å². The number of benzene rings is 1. The lowest BCUT2D eigenvalue weighted by molar-refractivity contribution is 0.345. The lowest BCUT2D eigenvalue weighted by Gasteiger charge is -2.40. The van der Waals surface area contributed by atoms with Crippen molar-refractivity contribution < 1.29 is 13.5 Å². The van der Waals surface area contributed by atoms with Crippen LogP contribution in [0.1, 0.15) is 24.8 Å². The van der Waals surface area contributed by atoms with E-state index in [1.54, 1.807) is 24.3 Å². The van der Waals surface area contributed by atoms with Crippen molar-refractivity contribution in [3.05, 3.63) is 29.8 Å². The van der Waals surface area contributed by atoms with E-state index in [-0.39, 0.29) is 5.75 Å². The molecule has 0 aromatic heterocycles. The van der Waals surface area contributed by atoms with Crippen LogP contribution in [0.4, 0.5) is 0 Å². The second-order valence-electron chi connectivity index (χ2n) is 4.17. The normalized spacial score (nSPS) is 19.5. The van der Waals surface area contributed by atoms with Gasteiger partial charge in [-0.25, -0.2) is 8.42 Å². The molecule has 0 radical (unpaired) electrons. The number of rotatable bonds is 2. The van der Waals surface area contributed by atoms with Gasteiger partial charge in [0.2, 0.25) is 0 Å². The minimum absolute atomic E-state index is 0.127. The summed E-state index contributed by atoms with van der Waals surface area (Å²) in [5, 5.41) is 9.37.